The van der Waals surface area contributed by atoms with Gasteiger partial charge in [-0.3, -0.25) is 0 Å². The largest absolute Gasteiger partial charge is 0.507 e. The summed E-state index contributed by atoms with van der Waals surface area (Å²) >= 11 is 0. The number of nitrogens with zero attached hydrogens (tertiary/aromatic N) is 2. The lowest BCUT2D eigenvalue weighted by molar-refractivity contribution is 0.0693. The second kappa shape index (κ2) is 10.4. The van der Waals surface area contributed by atoms with E-state index in [1.54, 1.807) is 6.21 Å². The van der Waals surface area contributed by atoms with Gasteiger partial charge in [0.1, 0.15) is 23.7 Å². The van der Waals surface area contributed by atoms with Crippen LogP contribution in [-0.2, 0) is 11.4 Å². The van der Waals surface area contributed by atoms with Crippen LogP contribution in [0, 0.1) is 0 Å². The molecule has 0 fully saturated rings. The van der Waals surface area contributed by atoms with Gasteiger partial charge in [0, 0.05) is 29.9 Å². The van der Waals surface area contributed by atoms with Gasteiger partial charge in [0.15, 0.2) is 0 Å². The van der Waals surface area contributed by atoms with Crippen LogP contribution < -0.4 is 4.74 Å². The van der Waals surface area contributed by atoms with E-state index in [9.17, 15) is 9.90 Å². The highest BCUT2D eigenvalue weighted by Crippen LogP contribution is 2.24. The van der Waals surface area contributed by atoms with Gasteiger partial charge in [-0.2, -0.15) is 0 Å². The van der Waals surface area contributed by atoms with Gasteiger partial charge < -0.3 is 24.4 Å². The van der Waals surface area contributed by atoms with Crippen molar-refractivity contribution < 1.29 is 24.6 Å². The Bertz CT molecular complexity index is 1260. The van der Waals surface area contributed by atoms with Gasteiger partial charge in [0.2, 0.25) is 0 Å². The van der Waals surface area contributed by atoms with Crippen molar-refractivity contribution in [2.24, 2.45) is 5.16 Å². The molecule has 2 N–H and O–H groups in total. The van der Waals surface area contributed by atoms with Gasteiger partial charge in [0.25, 0.3) is 0 Å². The fraction of sp³-hybridized carbons (Fsp3) is 0.154. The molecule has 0 radical (unpaired) electrons. The Morgan fingerprint density at radius 3 is 2.55 bits per heavy atom. The maximum atomic E-state index is 10.9. The Morgan fingerprint density at radius 1 is 0.970 bits per heavy atom. The first-order chi connectivity index (χ1) is 16.1. The molecule has 0 aliphatic rings. The Hall–Kier alpha value is -4.26. The Kier molecular flexibility index (Phi) is 6.90. The molecule has 0 aliphatic heterocycles. The Morgan fingerprint density at radius 2 is 1.76 bits per heavy atom. The molecule has 3 aromatic carbocycles. The summed E-state index contributed by atoms with van der Waals surface area (Å²) in [5.74, 6) is -1.12. The molecule has 0 aliphatic carbocycles. The maximum Gasteiger partial charge on any atom is 0.339 e. The van der Waals surface area contributed by atoms with Crippen LogP contribution in [0.25, 0.3) is 10.9 Å². The zero-order chi connectivity index (χ0) is 23.0. The number of rotatable bonds is 10. The Balaban J connectivity index is 1.31. The summed E-state index contributed by atoms with van der Waals surface area (Å²) in [6, 6.07) is 24.7. The number of para-hydroxylation sites is 1. The average molecular weight is 444 g/mol. The third kappa shape index (κ3) is 5.51. The summed E-state index contributed by atoms with van der Waals surface area (Å²) in [7, 11) is 0. The standard InChI is InChI=1S/C26H24N2O5/c29-25-16-22(11-12-23(25)26(30)31)32-13-6-14-33-27-17-21-15-20-9-4-5-10-24(20)28(21)18-19-7-2-1-3-8-19/h1-5,7-12,15-17,29H,6,13-14,18H2,(H,30,31)/b27-17-. The van der Waals surface area contributed by atoms with Crippen LogP contribution in [0.5, 0.6) is 11.5 Å². The number of fused-ring (bicyclic) bond motifs is 1. The van der Waals surface area contributed by atoms with Crippen LogP contribution in [-0.4, -0.2) is 40.2 Å². The predicted molar refractivity (Wildman–Crippen MR) is 126 cm³/mol. The number of carboxylic acids is 1. The molecule has 0 bridgehead atoms. The van der Waals surface area contributed by atoms with E-state index in [0.29, 0.717) is 25.4 Å². The minimum absolute atomic E-state index is 0.162. The first-order valence-corrected chi connectivity index (χ1v) is 10.6. The molecule has 0 unspecified atom stereocenters. The summed E-state index contributed by atoms with van der Waals surface area (Å²) in [6.07, 6.45) is 2.29. The first kappa shape index (κ1) is 22.0. The summed E-state index contributed by atoms with van der Waals surface area (Å²) in [6.45, 7) is 1.43. The highest BCUT2D eigenvalue weighted by atomic mass is 16.6. The van der Waals surface area contributed by atoms with Crippen molar-refractivity contribution in [2.45, 2.75) is 13.0 Å². The third-order valence-corrected chi connectivity index (χ3v) is 5.13. The van der Waals surface area contributed by atoms with Crippen molar-refractivity contribution in [3.8, 4) is 11.5 Å². The lowest BCUT2D eigenvalue weighted by Crippen LogP contribution is -2.04. The minimum atomic E-state index is -1.19. The van der Waals surface area contributed by atoms with Crippen LogP contribution in [0.4, 0.5) is 0 Å². The van der Waals surface area contributed by atoms with Crippen molar-refractivity contribution in [2.75, 3.05) is 13.2 Å². The second-order valence-electron chi connectivity index (χ2n) is 7.45. The highest BCUT2D eigenvalue weighted by Gasteiger charge is 2.10. The predicted octanol–water partition coefficient (Wildman–Crippen LogP) is 4.91. The van der Waals surface area contributed by atoms with Crippen LogP contribution in [0.15, 0.2) is 84.0 Å². The van der Waals surface area contributed by atoms with Crippen molar-refractivity contribution in [1.82, 2.24) is 4.57 Å². The maximum absolute atomic E-state index is 10.9. The van der Waals surface area contributed by atoms with Crippen molar-refractivity contribution in [3.63, 3.8) is 0 Å². The number of aromatic nitrogens is 1. The molecule has 4 aromatic rings. The molecule has 168 valence electrons. The number of oxime groups is 1. The van der Waals surface area contributed by atoms with E-state index in [1.165, 1.54) is 23.8 Å². The number of hydrogen-bond donors (Lipinski definition) is 2. The zero-order valence-electron chi connectivity index (χ0n) is 17.9. The normalized spacial score (nSPS) is 11.2. The van der Waals surface area contributed by atoms with Crippen LogP contribution in [0.3, 0.4) is 0 Å². The molecule has 0 atom stereocenters. The molecule has 7 nitrogen and oxygen atoms in total. The van der Waals surface area contributed by atoms with Gasteiger partial charge >= 0.3 is 5.97 Å². The van der Waals surface area contributed by atoms with E-state index in [4.69, 9.17) is 14.7 Å². The van der Waals surface area contributed by atoms with Gasteiger partial charge in [-0.1, -0.05) is 53.7 Å². The van der Waals surface area contributed by atoms with E-state index < -0.39 is 5.97 Å². The SMILES string of the molecule is O=C(O)c1ccc(OCCCO/N=C\c2cc3ccccc3n2Cc2ccccc2)cc1O. The Labute approximate surface area is 191 Å². The van der Waals surface area contributed by atoms with Crippen LogP contribution in [0.2, 0.25) is 0 Å². The van der Waals surface area contributed by atoms with E-state index in [-0.39, 0.29) is 11.3 Å². The number of phenols is 1. The number of carbonyl (C=O) groups is 1. The molecular formula is C26H24N2O5. The molecule has 7 heteroatoms. The molecule has 1 heterocycles. The van der Waals surface area contributed by atoms with Crippen molar-refractivity contribution in [3.05, 3.63) is 95.7 Å². The molecule has 0 amide bonds. The van der Waals surface area contributed by atoms with Crippen LogP contribution in [0.1, 0.15) is 28.0 Å². The minimum Gasteiger partial charge on any atom is -0.507 e. The monoisotopic (exact) mass is 444 g/mol. The third-order valence-electron chi connectivity index (χ3n) is 5.13. The van der Waals surface area contributed by atoms with Gasteiger partial charge in [-0.15, -0.1) is 0 Å². The van der Waals surface area contributed by atoms with E-state index in [0.717, 1.165) is 23.1 Å². The number of benzene rings is 3. The first-order valence-electron chi connectivity index (χ1n) is 10.6. The quantitative estimate of drug-likeness (QED) is 0.206. The van der Waals surface area contributed by atoms with E-state index >= 15 is 0 Å². The lowest BCUT2D eigenvalue weighted by Gasteiger charge is -2.09. The summed E-state index contributed by atoms with van der Waals surface area (Å²) in [4.78, 5) is 16.3. The fourth-order valence-electron chi connectivity index (χ4n) is 3.52. The summed E-state index contributed by atoms with van der Waals surface area (Å²) in [5, 5.41) is 23.9. The summed E-state index contributed by atoms with van der Waals surface area (Å²) < 4.78 is 7.73. The van der Waals surface area contributed by atoms with Crippen molar-refractivity contribution in [1.29, 1.82) is 0 Å². The lowest BCUT2D eigenvalue weighted by atomic mass is 10.2. The molecule has 0 saturated carbocycles. The molecule has 0 spiro atoms. The number of aromatic carboxylic acids is 1. The average Bonchev–Trinajstić information content (AvgIpc) is 3.16. The topological polar surface area (TPSA) is 93.3 Å². The van der Waals surface area contributed by atoms with E-state index in [2.05, 4.69) is 40.1 Å². The number of hydrogen-bond acceptors (Lipinski definition) is 5. The van der Waals surface area contributed by atoms with Crippen molar-refractivity contribution >= 4 is 23.1 Å². The zero-order valence-corrected chi connectivity index (χ0v) is 17.9. The highest BCUT2D eigenvalue weighted by molar-refractivity contribution is 5.91. The molecule has 0 saturated heterocycles. The van der Waals surface area contributed by atoms with Gasteiger partial charge in [-0.25, -0.2) is 4.79 Å². The molecule has 4 rings (SSSR count). The molecule has 33 heavy (non-hydrogen) atoms. The van der Waals surface area contributed by atoms with Crippen LogP contribution >= 0.6 is 0 Å². The molecular weight excluding hydrogens is 420 g/mol. The second-order valence-corrected chi connectivity index (χ2v) is 7.45. The number of aromatic hydroxyl groups is 1. The fourth-order valence-corrected chi connectivity index (χ4v) is 3.52. The van der Waals surface area contributed by atoms with Gasteiger partial charge in [-0.05, 0) is 29.8 Å². The summed E-state index contributed by atoms with van der Waals surface area (Å²) in [5.41, 5.74) is 3.12. The number of carboxylic acid groups (broad SMARTS) is 1. The van der Waals surface area contributed by atoms with E-state index in [1.807, 2.05) is 30.3 Å². The number of ether oxygens (including phenoxy) is 1. The smallest absolute Gasteiger partial charge is 0.339 e. The van der Waals surface area contributed by atoms with Gasteiger partial charge in [0.05, 0.1) is 18.5 Å². The molecule has 1 aromatic heterocycles.